The summed E-state index contributed by atoms with van der Waals surface area (Å²) in [5, 5.41) is 11.3. The Kier molecular flexibility index (Phi) is 4.94. The number of nitrogens with zero attached hydrogens (tertiary/aromatic N) is 3. The number of phenolic OH excluding ortho intramolecular Hbond substituents is 1. The van der Waals surface area contributed by atoms with Gasteiger partial charge in [0.05, 0.1) is 17.7 Å². The molecule has 1 fully saturated rings. The smallest absolute Gasteiger partial charge is 0.165 e. The van der Waals surface area contributed by atoms with Crippen molar-refractivity contribution in [2.24, 2.45) is 5.92 Å². The molecule has 0 amide bonds. The number of aromatic hydroxyl groups is 1. The lowest BCUT2D eigenvalue weighted by Crippen LogP contribution is -2.37. The highest BCUT2D eigenvalue weighted by Crippen LogP contribution is 2.33. The molecule has 0 bridgehead atoms. The molecule has 0 saturated carbocycles. The minimum atomic E-state index is 0.200. The summed E-state index contributed by atoms with van der Waals surface area (Å²) in [6.07, 6.45) is 2.30. The SMILES string of the molecule is COCC1CCCN(c2nc(-c3ccccc3O)nc3cc(C)ccc23)C1. The fourth-order valence-corrected chi connectivity index (χ4v) is 3.88. The van der Waals surface area contributed by atoms with Crippen LogP contribution in [0.2, 0.25) is 0 Å². The van der Waals surface area contributed by atoms with Crippen LogP contribution < -0.4 is 4.90 Å². The number of aryl methyl sites for hydroxylation is 1. The molecular formula is C22H25N3O2. The van der Waals surface area contributed by atoms with Crippen molar-refractivity contribution < 1.29 is 9.84 Å². The highest BCUT2D eigenvalue weighted by atomic mass is 16.5. The second-order valence-corrected chi connectivity index (χ2v) is 7.32. The molecule has 1 atom stereocenters. The Bertz CT molecular complexity index is 955. The third kappa shape index (κ3) is 3.60. The molecule has 0 aliphatic carbocycles. The molecule has 27 heavy (non-hydrogen) atoms. The van der Waals surface area contributed by atoms with Crippen LogP contribution in [0, 0.1) is 12.8 Å². The van der Waals surface area contributed by atoms with E-state index in [0.29, 0.717) is 17.3 Å². The van der Waals surface area contributed by atoms with Gasteiger partial charge in [0.25, 0.3) is 0 Å². The minimum absolute atomic E-state index is 0.200. The van der Waals surface area contributed by atoms with Crippen molar-refractivity contribution in [1.82, 2.24) is 9.97 Å². The predicted molar refractivity (Wildman–Crippen MR) is 108 cm³/mol. The standard InChI is InChI=1S/C22H25N3O2/c1-15-9-10-17-19(12-15)23-21(18-7-3-4-8-20(18)26)24-22(17)25-11-5-6-16(13-25)14-27-2/h3-4,7-10,12,16,26H,5-6,11,13-14H2,1-2H3. The molecule has 1 N–H and O–H groups in total. The molecule has 1 unspecified atom stereocenters. The zero-order chi connectivity index (χ0) is 18.8. The lowest BCUT2D eigenvalue weighted by molar-refractivity contribution is 0.143. The number of hydrogen-bond acceptors (Lipinski definition) is 5. The summed E-state index contributed by atoms with van der Waals surface area (Å²) in [5.74, 6) is 2.22. The molecule has 1 aromatic heterocycles. The lowest BCUT2D eigenvalue weighted by atomic mass is 9.98. The van der Waals surface area contributed by atoms with Crippen molar-refractivity contribution in [3.63, 3.8) is 0 Å². The van der Waals surface area contributed by atoms with Crippen molar-refractivity contribution in [3.8, 4) is 17.1 Å². The molecule has 1 aliphatic rings. The number of aromatic nitrogens is 2. The van der Waals surface area contributed by atoms with Crippen molar-refractivity contribution in [1.29, 1.82) is 0 Å². The van der Waals surface area contributed by atoms with E-state index >= 15 is 0 Å². The first-order chi connectivity index (χ1) is 13.2. The van der Waals surface area contributed by atoms with E-state index in [1.54, 1.807) is 13.2 Å². The average Bonchev–Trinajstić information content (AvgIpc) is 2.68. The van der Waals surface area contributed by atoms with Crippen molar-refractivity contribution in [2.45, 2.75) is 19.8 Å². The average molecular weight is 363 g/mol. The van der Waals surface area contributed by atoms with E-state index in [1.807, 2.05) is 18.2 Å². The Morgan fingerprint density at radius 3 is 2.85 bits per heavy atom. The summed E-state index contributed by atoms with van der Waals surface area (Å²) in [6, 6.07) is 13.5. The third-order valence-corrected chi connectivity index (χ3v) is 5.20. The van der Waals surface area contributed by atoms with Gasteiger partial charge in [0.2, 0.25) is 0 Å². The number of piperidine rings is 1. The number of hydrogen-bond donors (Lipinski definition) is 1. The number of fused-ring (bicyclic) bond motifs is 1. The van der Waals surface area contributed by atoms with Crippen LogP contribution in [0.1, 0.15) is 18.4 Å². The maximum atomic E-state index is 10.3. The van der Waals surface area contributed by atoms with Crippen molar-refractivity contribution in [3.05, 3.63) is 48.0 Å². The number of ether oxygens (including phenoxy) is 1. The van der Waals surface area contributed by atoms with Crippen LogP contribution in [-0.2, 0) is 4.74 Å². The van der Waals surface area contributed by atoms with Crippen molar-refractivity contribution >= 4 is 16.7 Å². The summed E-state index contributed by atoms with van der Waals surface area (Å²) < 4.78 is 5.39. The molecule has 0 spiro atoms. The Morgan fingerprint density at radius 1 is 1.19 bits per heavy atom. The van der Waals surface area contributed by atoms with Crippen LogP contribution in [0.15, 0.2) is 42.5 Å². The number of para-hydroxylation sites is 1. The maximum absolute atomic E-state index is 10.3. The Balaban J connectivity index is 1.84. The van der Waals surface area contributed by atoms with E-state index in [0.717, 1.165) is 48.4 Å². The Hall–Kier alpha value is -2.66. The fraction of sp³-hybridized carbons (Fsp3) is 0.364. The van der Waals surface area contributed by atoms with Crippen LogP contribution in [0.5, 0.6) is 5.75 Å². The van der Waals surface area contributed by atoms with E-state index in [4.69, 9.17) is 14.7 Å². The molecule has 5 heteroatoms. The van der Waals surface area contributed by atoms with Gasteiger partial charge in [-0.05, 0) is 55.5 Å². The first-order valence-electron chi connectivity index (χ1n) is 9.46. The van der Waals surface area contributed by atoms with Crippen LogP contribution >= 0.6 is 0 Å². The van der Waals surface area contributed by atoms with E-state index < -0.39 is 0 Å². The summed E-state index contributed by atoms with van der Waals surface area (Å²) in [7, 11) is 1.76. The highest BCUT2D eigenvalue weighted by Gasteiger charge is 2.23. The quantitative estimate of drug-likeness (QED) is 0.754. The topological polar surface area (TPSA) is 58.5 Å². The first-order valence-corrected chi connectivity index (χ1v) is 9.46. The van der Waals surface area contributed by atoms with Gasteiger partial charge in [-0.2, -0.15) is 0 Å². The number of benzene rings is 2. The zero-order valence-corrected chi connectivity index (χ0v) is 15.9. The number of methoxy groups -OCH3 is 1. The fourth-order valence-electron chi connectivity index (χ4n) is 3.88. The monoisotopic (exact) mass is 363 g/mol. The zero-order valence-electron chi connectivity index (χ0n) is 15.9. The van der Waals surface area contributed by atoms with E-state index in [-0.39, 0.29) is 5.75 Å². The van der Waals surface area contributed by atoms with Gasteiger partial charge in [0.1, 0.15) is 11.6 Å². The van der Waals surface area contributed by atoms with E-state index in [1.165, 1.54) is 6.42 Å². The van der Waals surface area contributed by atoms with Gasteiger partial charge >= 0.3 is 0 Å². The molecule has 4 rings (SSSR count). The van der Waals surface area contributed by atoms with Gasteiger partial charge in [0, 0.05) is 25.6 Å². The minimum Gasteiger partial charge on any atom is -0.507 e. The lowest BCUT2D eigenvalue weighted by Gasteiger charge is -2.34. The molecular weight excluding hydrogens is 338 g/mol. The number of anilines is 1. The van der Waals surface area contributed by atoms with E-state index in [9.17, 15) is 5.11 Å². The van der Waals surface area contributed by atoms with Crippen molar-refractivity contribution in [2.75, 3.05) is 31.7 Å². The van der Waals surface area contributed by atoms with Gasteiger partial charge in [-0.3, -0.25) is 0 Å². The Morgan fingerprint density at radius 2 is 2.04 bits per heavy atom. The van der Waals surface area contributed by atoms with Gasteiger partial charge in [0.15, 0.2) is 5.82 Å². The van der Waals surface area contributed by atoms with Gasteiger partial charge < -0.3 is 14.7 Å². The largest absolute Gasteiger partial charge is 0.507 e. The van der Waals surface area contributed by atoms with Crippen LogP contribution in [0.25, 0.3) is 22.3 Å². The van der Waals surface area contributed by atoms with Gasteiger partial charge in [-0.25, -0.2) is 9.97 Å². The predicted octanol–water partition coefficient (Wildman–Crippen LogP) is 4.17. The second-order valence-electron chi connectivity index (χ2n) is 7.32. The second kappa shape index (κ2) is 7.53. The Labute approximate surface area is 159 Å². The normalized spacial score (nSPS) is 17.4. The van der Waals surface area contributed by atoms with Gasteiger partial charge in [-0.1, -0.05) is 18.2 Å². The van der Waals surface area contributed by atoms with Crippen LogP contribution in [0.4, 0.5) is 5.82 Å². The highest BCUT2D eigenvalue weighted by molar-refractivity contribution is 5.91. The summed E-state index contributed by atoms with van der Waals surface area (Å²) in [6.45, 7) is 4.73. The first kappa shape index (κ1) is 17.7. The molecule has 2 heterocycles. The maximum Gasteiger partial charge on any atom is 0.165 e. The summed E-state index contributed by atoms with van der Waals surface area (Å²) in [5.41, 5.74) is 2.73. The molecule has 2 aromatic carbocycles. The van der Waals surface area contributed by atoms with E-state index in [2.05, 4.69) is 30.0 Å². The summed E-state index contributed by atoms with van der Waals surface area (Å²) in [4.78, 5) is 12.0. The third-order valence-electron chi connectivity index (χ3n) is 5.20. The van der Waals surface area contributed by atoms with Crippen LogP contribution in [-0.4, -0.2) is 41.9 Å². The molecule has 5 nitrogen and oxygen atoms in total. The summed E-state index contributed by atoms with van der Waals surface area (Å²) >= 11 is 0. The molecule has 1 saturated heterocycles. The molecule has 0 radical (unpaired) electrons. The number of rotatable bonds is 4. The van der Waals surface area contributed by atoms with Gasteiger partial charge in [-0.15, -0.1) is 0 Å². The van der Waals surface area contributed by atoms with Crippen LogP contribution in [0.3, 0.4) is 0 Å². The molecule has 140 valence electrons. The molecule has 3 aromatic rings. The number of phenols is 1. The molecule has 1 aliphatic heterocycles.